The Morgan fingerprint density at radius 1 is 1.18 bits per heavy atom. The first kappa shape index (κ1) is 18.3. The predicted octanol–water partition coefficient (Wildman–Crippen LogP) is 2.55. The predicted molar refractivity (Wildman–Crippen MR) is 101 cm³/mol. The van der Waals surface area contributed by atoms with E-state index >= 15 is 0 Å². The summed E-state index contributed by atoms with van der Waals surface area (Å²) in [6, 6.07) is 6.53. The van der Waals surface area contributed by atoms with Gasteiger partial charge in [-0.15, -0.1) is 10.2 Å². The van der Waals surface area contributed by atoms with Crippen molar-refractivity contribution in [2.75, 3.05) is 23.2 Å². The van der Waals surface area contributed by atoms with E-state index in [1.807, 2.05) is 0 Å². The normalized spacial score (nSPS) is 12.0. The van der Waals surface area contributed by atoms with Crippen molar-refractivity contribution < 1.29 is 23.6 Å². The molecule has 1 aliphatic rings. The summed E-state index contributed by atoms with van der Waals surface area (Å²) < 4.78 is 15.9. The maximum Gasteiger partial charge on any atom is 0.257 e. The van der Waals surface area contributed by atoms with Gasteiger partial charge in [-0.05, 0) is 25.1 Å². The van der Waals surface area contributed by atoms with Crippen LogP contribution in [0.25, 0.3) is 0 Å². The first-order valence-corrected chi connectivity index (χ1v) is 9.77. The molecular weight excluding hydrogens is 406 g/mol. The molecule has 10 nitrogen and oxygen atoms in total. The first-order valence-electron chi connectivity index (χ1n) is 7.97. The van der Waals surface area contributed by atoms with Crippen LogP contribution in [0.1, 0.15) is 16.1 Å². The molecule has 0 atom stereocenters. The summed E-state index contributed by atoms with van der Waals surface area (Å²) in [4.78, 5) is 24.2. The number of benzene rings is 1. The maximum absolute atomic E-state index is 12.3. The van der Waals surface area contributed by atoms with Crippen molar-refractivity contribution in [3.05, 3.63) is 35.6 Å². The Morgan fingerprint density at radius 3 is 2.86 bits per heavy atom. The van der Waals surface area contributed by atoms with Crippen molar-refractivity contribution in [1.82, 2.24) is 15.4 Å². The molecule has 144 valence electrons. The third-order valence-electron chi connectivity index (χ3n) is 3.48. The SMILES string of the molecule is Cc1cc(NC(=O)CSc2nnc(NC(=O)c3ccc4c(c3)OCO4)s2)no1. The van der Waals surface area contributed by atoms with Gasteiger partial charge in [-0.2, -0.15) is 0 Å². The highest BCUT2D eigenvalue weighted by atomic mass is 32.2. The van der Waals surface area contributed by atoms with Gasteiger partial charge in [-0.3, -0.25) is 14.9 Å². The monoisotopic (exact) mass is 419 g/mol. The lowest BCUT2D eigenvalue weighted by Gasteiger charge is -2.02. The van der Waals surface area contributed by atoms with Crippen LogP contribution in [0.5, 0.6) is 11.5 Å². The molecule has 0 aliphatic carbocycles. The Bertz CT molecular complexity index is 1030. The molecule has 1 aromatic carbocycles. The third kappa shape index (κ3) is 4.23. The molecule has 2 N–H and O–H groups in total. The maximum atomic E-state index is 12.3. The van der Waals surface area contributed by atoms with E-state index in [0.29, 0.717) is 38.1 Å². The van der Waals surface area contributed by atoms with Crippen molar-refractivity contribution in [2.24, 2.45) is 0 Å². The number of fused-ring (bicyclic) bond motifs is 1. The lowest BCUT2D eigenvalue weighted by atomic mass is 10.2. The van der Waals surface area contributed by atoms with E-state index in [9.17, 15) is 9.59 Å². The molecule has 3 heterocycles. The lowest BCUT2D eigenvalue weighted by Crippen LogP contribution is -2.14. The summed E-state index contributed by atoms with van der Waals surface area (Å²) in [6.07, 6.45) is 0. The van der Waals surface area contributed by atoms with Crippen LogP contribution >= 0.6 is 23.1 Å². The molecule has 2 aromatic heterocycles. The highest BCUT2D eigenvalue weighted by Crippen LogP contribution is 2.33. The van der Waals surface area contributed by atoms with Crippen molar-refractivity contribution in [3.63, 3.8) is 0 Å². The van der Waals surface area contributed by atoms with Gasteiger partial charge in [0.1, 0.15) is 5.76 Å². The minimum absolute atomic E-state index is 0.122. The van der Waals surface area contributed by atoms with E-state index in [1.54, 1.807) is 31.2 Å². The number of nitrogens with zero attached hydrogens (tertiary/aromatic N) is 3. The quantitative estimate of drug-likeness (QED) is 0.457. The van der Waals surface area contributed by atoms with Crippen LogP contribution in [0.15, 0.2) is 33.1 Å². The Kier molecular flexibility index (Phi) is 5.12. The number of rotatable bonds is 6. The molecule has 1 aliphatic heterocycles. The number of nitrogens with one attached hydrogen (secondary N) is 2. The molecule has 4 rings (SSSR count). The average molecular weight is 419 g/mol. The number of carbonyl (C=O) groups is 2. The molecule has 3 aromatic rings. The zero-order chi connectivity index (χ0) is 19.5. The topological polar surface area (TPSA) is 128 Å². The van der Waals surface area contributed by atoms with Gasteiger partial charge in [0, 0.05) is 11.6 Å². The Balaban J connectivity index is 1.30. The van der Waals surface area contributed by atoms with Gasteiger partial charge in [0.2, 0.25) is 17.8 Å². The van der Waals surface area contributed by atoms with Crippen LogP contribution < -0.4 is 20.1 Å². The van der Waals surface area contributed by atoms with Crippen LogP contribution in [0.4, 0.5) is 10.9 Å². The van der Waals surface area contributed by atoms with E-state index in [0.717, 1.165) is 0 Å². The van der Waals surface area contributed by atoms with Gasteiger partial charge in [0.15, 0.2) is 21.7 Å². The first-order chi connectivity index (χ1) is 13.6. The van der Waals surface area contributed by atoms with Crippen LogP contribution in [0, 0.1) is 6.92 Å². The number of aryl methyl sites for hydroxylation is 1. The lowest BCUT2D eigenvalue weighted by molar-refractivity contribution is -0.113. The number of thioether (sulfide) groups is 1. The number of hydrogen-bond donors (Lipinski definition) is 2. The Morgan fingerprint density at radius 2 is 2.04 bits per heavy atom. The highest BCUT2D eigenvalue weighted by molar-refractivity contribution is 8.01. The summed E-state index contributed by atoms with van der Waals surface area (Å²) in [5, 5.41) is 17.2. The number of ether oxygens (including phenoxy) is 2. The zero-order valence-corrected chi connectivity index (χ0v) is 16.1. The van der Waals surface area contributed by atoms with E-state index in [4.69, 9.17) is 14.0 Å². The van der Waals surface area contributed by atoms with Crippen LogP contribution in [-0.4, -0.2) is 39.7 Å². The summed E-state index contributed by atoms with van der Waals surface area (Å²) in [6.45, 7) is 1.87. The van der Waals surface area contributed by atoms with E-state index < -0.39 is 0 Å². The summed E-state index contributed by atoms with van der Waals surface area (Å²) in [5.74, 6) is 1.62. The standard InChI is InChI=1S/C16H13N5O5S2/c1-8-4-12(21-26-8)17-13(22)6-27-16-20-19-15(28-16)18-14(23)9-2-3-10-11(5-9)25-7-24-10/h2-5H,6-7H2,1H3,(H,17,21,22)(H,18,19,23). The van der Waals surface area contributed by atoms with E-state index in [1.165, 1.54) is 23.1 Å². The fraction of sp³-hybridized carbons (Fsp3) is 0.188. The number of hydrogen-bond acceptors (Lipinski definition) is 10. The highest BCUT2D eigenvalue weighted by Gasteiger charge is 2.17. The smallest absolute Gasteiger partial charge is 0.257 e. The fourth-order valence-corrected chi connectivity index (χ4v) is 3.80. The molecule has 0 saturated carbocycles. The average Bonchev–Trinajstić information content (AvgIpc) is 3.40. The van der Waals surface area contributed by atoms with E-state index in [-0.39, 0.29) is 24.4 Å². The molecule has 0 bridgehead atoms. The minimum Gasteiger partial charge on any atom is -0.454 e. The van der Waals surface area contributed by atoms with Crippen molar-refractivity contribution in [2.45, 2.75) is 11.3 Å². The molecule has 0 radical (unpaired) electrons. The zero-order valence-electron chi connectivity index (χ0n) is 14.4. The molecule has 0 fully saturated rings. The molecule has 28 heavy (non-hydrogen) atoms. The second-order valence-electron chi connectivity index (χ2n) is 5.55. The Labute approximate surface area is 166 Å². The number of amides is 2. The van der Waals surface area contributed by atoms with Gasteiger partial charge in [-0.25, -0.2) is 0 Å². The van der Waals surface area contributed by atoms with Gasteiger partial charge < -0.3 is 19.3 Å². The summed E-state index contributed by atoms with van der Waals surface area (Å²) in [7, 11) is 0. The van der Waals surface area contributed by atoms with Crippen LogP contribution in [0.3, 0.4) is 0 Å². The van der Waals surface area contributed by atoms with Gasteiger partial charge >= 0.3 is 0 Å². The van der Waals surface area contributed by atoms with Crippen molar-refractivity contribution in [3.8, 4) is 11.5 Å². The Hall–Kier alpha value is -3.12. The molecular formula is C16H13N5O5S2. The molecule has 0 saturated heterocycles. The van der Waals surface area contributed by atoms with Crippen LogP contribution in [0.2, 0.25) is 0 Å². The molecule has 0 spiro atoms. The second-order valence-corrected chi connectivity index (χ2v) is 7.75. The van der Waals surface area contributed by atoms with Gasteiger partial charge in [0.05, 0.1) is 5.75 Å². The minimum atomic E-state index is -0.342. The molecule has 12 heteroatoms. The summed E-state index contributed by atoms with van der Waals surface area (Å²) in [5.41, 5.74) is 0.413. The fourth-order valence-electron chi connectivity index (χ4n) is 2.26. The second kappa shape index (κ2) is 7.86. The number of aromatic nitrogens is 3. The van der Waals surface area contributed by atoms with Gasteiger partial charge in [-0.1, -0.05) is 28.3 Å². The van der Waals surface area contributed by atoms with Crippen molar-refractivity contribution >= 4 is 45.9 Å². The number of carbonyl (C=O) groups excluding carboxylic acids is 2. The van der Waals surface area contributed by atoms with Crippen LogP contribution in [-0.2, 0) is 4.79 Å². The van der Waals surface area contributed by atoms with E-state index in [2.05, 4.69) is 26.0 Å². The largest absolute Gasteiger partial charge is 0.454 e. The summed E-state index contributed by atoms with van der Waals surface area (Å²) >= 11 is 2.37. The third-order valence-corrected chi connectivity index (χ3v) is 5.46. The number of anilines is 2. The van der Waals surface area contributed by atoms with Gasteiger partial charge in [0.25, 0.3) is 5.91 Å². The molecule has 2 amide bonds. The van der Waals surface area contributed by atoms with Crippen molar-refractivity contribution in [1.29, 1.82) is 0 Å². The molecule has 0 unspecified atom stereocenters.